The number of phenolic OH excluding ortho intramolecular Hbond substituents is 1. The van der Waals surface area contributed by atoms with Gasteiger partial charge < -0.3 is 14.2 Å². The molecule has 1 aromatic heterocycles. The number of rotatable bonds is 9. The highest BCUT2D eigenvalue weighted by molar-refractivity contribution is 9.08. The standard InChI is InChI=1S/C27H42BrN3O2/c1-9-19(10-2)12-11-13-30-14-15-31(25(30)29-28)18-23(32)20-16-21(26(3,4)5)24(33)22(17-20)27(6,7)8/h14-17,19,33H,9-13,18H2,1-8H3. The van der Waals surface area contributed by atoms with E-state index in [9.17, 15) is 9.90 Å². The maximum absolute atomic E-state index is 13.4. The average molecular weight is 521 g/mol. The van der Waals surface area contributed by atoms with E-state index in [1.807, 2.05) is 29.1 Å². The van der Waals surface area contributed by atoms with Crippen LogP contribution in [-0.4, -0.2) is 20.0 Å². The van der Waals surface area contributed by atoms with Crippen LogP contribution in [0.25, 0.3) is 0 Å². The minimum atomic E-state index is -0.276. The summed E-state index contributed by atoms with van der Waals surface area (Å²) in [6.45, 7) is 17.9. The summed E-state index contributed by atoms with van der Waals surface area (Å²) in [5, 5.41) is 11.0. The van der Waals surface area contributed by atoms with Crippen LogP contribution < -0.4 is 5.62 Å². The molecular weight excluding hydrogens is 478 g/mol. The molecule has 2 aromatic rings. The fourth-order valence-corrected chi connectivity index (χ4v) is 4.69. The first-order valence-corrected chi connectivity index (χ1v) is 12.9. The average Bonchev–Trinajstić information content (AvgIpc) is 3.10. The fourth-order valence-electron chi connectivity index (χ4n) is 4.29. The Kier molecular flexibility index (Phi) is 9.20. The van der Waals surface area contributed by atoms with E-state index < -0.39 is 0 Å². The largest absolute Gasteiger partial charge is 0.507 e. The predicted octanol–water partition coefficient (Wildman–Crippen LogP) is 6.90. The molecule has 2 rings (SSSR count). The van der Waals surface area contributed by atoms with Gasteiger partial charge in [0.2, 0.25) is 5.62 Å². The number of phenols is 1. The van der Waals surface area contributed by atoms with Gasteiger partial charge in [-0.3, -0.25) is 4.79 Å². The second-order valence-electron chi connectivity index (χ2n) is 11.2. The van der Waals surface area contributed by atoms with E-state index in [0.29, 0.717) is 11.3 Å². The van der Waals surface area contributed by atoms with Crippen molar-refractivity contribution in [2.75, 3.05) is 0 Å². The number of aromatic nitrogens is 2. The van der Waals surface area contributed by atoms with Crippen molar-refractivity contribution in [3.63, 3.8) is 0 Å². The minimum Gasteiger partial charge on any atom is -0.507 e. The van der Waals surface area contributed by atoms with Gasteiger partial charge in [-0.1, -0.05) is 68.2 Å². The summed E-state index contributed by atoms with van der Waals surface area (Å²) in [6.07, 6.45) is 8.64. The molecule has 0 aliphatic rings. The Balaban J connectivity index is 2.33. The summed E-state index contributed by atoms with van der Waals surface area (Å²) >= 11 is 3.26. The van der Waals surface area contributed by atoms with Crippen LogP contribution in [-0.2, 0) is 23.9 Å². The van der Waals surface area contributed by atoms with Crippen molar-refractivity contribution in [2.24, 2.45) is 9.94 Å². The molecule has 33 heavy (non-hydrogen) atoms. The topological polar surface area (TPSA) is 59.5 Å². The van der Waals surface area contributed by atoms with Crippen LogP contribution in [0.3, 0.4) is 0 Å². The molecule has 184 valence electrons. The van der Waals surface area contributed by atoms with Crippen LogP contribution in [0.1, 0.15) is 103 Å². The van der Waals surface area contributed by atoms with Gasteiger partial charge in [-0.15, -0.1) is 0 Å². The molecule has 6 heteroatoms. The Morgan fingerprint density at radius 3 is 1.97 bits per heavy atom. The van der Waals surface area contributed by atoms with Crippen LogP contribution in [0.4, 0.5) is 0 Å². The zero-order valence-electron chi connectivity index (χ0n) is 21.7. The summed E-state index contributed by atoms with van der Waals surface area (Å²) in [6, 6.07) is 3.70. The van der Waals surface area contributed by atoms with Gasteiger partial charge >= 0.3 is 0 Å². The third kappa shape index (κ3) is 6.84. The molecule has 5 nitrogen and oxygen atoms in total. The highest BCUT2D eigenvalue weighted by Crippen LogP contribution is 2.39. The van der Waals surface area contributed by atoms with Gasteiger partial charge in [-0.25, -0.2) is 0 Å². The first kappa shape index (κ1) is 27.4. The lowest BCUT2D eigenvalue weighted by Crippen LogP contribution is -2.28. The molecule has 1 heterocycles. The second kappa shape index (κ2) is 11.1. The lowest BCUT2D eigenvalue weighted by atomic mass is 9.78. The predicted molar refractivity (Wildman–Crippen MR) is 140 cm³/mol. The van der Waals surface area contributed by atoms with Crippen LogP contribution in [0.2, 0.25) is 0 Å². The lowest BCUT2D eigenvalue weighted by Gasteiger charge is -2.28. The zero-order valence-corrected chi connectivity index (χ0v) is 23.3. The molecule has 1 aromatic carbocycles. The summed E-state index contributed by atoms with van der Waals surface area (Å²) in [5.74, 6) is 1.06. The molecule has 0 fully saturated rings. The molecule has 1 N–H and O–H groups in total. The summed E-state index contributed by atoms with van der Waals surface area (Å²) < 4.78 is 8.27. The molecule has 0 unspecified atom stereocenters. The number of carbonyl (C=O) groups is 1. The number of benzene rings is 1. The van der Waals surface area contributed by atoms with E-state index in [0.717, 1.165) is 35.6 Å². The Hall–Kier alpha value is -1.82. The van der Waals surface area contributed by atoms with Gasteiger partial charge in [-0.05, 0) is 41.7 Å². The molecule has 0 aliphatic heterocycles. The fraction of sp³-hybridized carbons (Fsp3) is 0.630. The maximum atomic E-state index is 13.4. The highest BCUT2D eigenvalue weighted by Gasteiger charge is 2.28. The molecule has 0 aliphatic carbocycles. The van der Waals surface area contributed by atoms with E-state index in [4.69, 9.17) is 0 Å². The highest BCUT2D eigenvalue weighted by atomic mass is 79.9. The number of ketones is 1. The third-order valence-corrected chi connectivity index (χ3v) is 6.86. The summed E-state index contributed by atoms with van der Waals surface area (Å²) in [5.41, 5.74) is 2.40. The van der Waals surface area contributed by atoms with E-state index in [1.165, 1.54) is 19.3 Å². The van der Waals surface area contributed by atoms with Gasteiger partial charge in [0.25, 0.3) is 0 Å². The monoisotopic (exact) mass is 519 g/mol. The number of halogens is 1. The van der Waals surface area contributed by atoms with Gasteiger partial charge in [-0.2, -0.15) is 4.02 Å². The van der Waals surface area contributed by atoms with Crippen LogP contribution in [0.5, 0.6) is 5.75 Å². The van der Waals surface area contributed by atoms with Gasteiger partial charge in [0.15, 0.2) is 5.78 Å². The van der Waals surface area contributed by atoms with Crippen molar-refractivity contribution >= 4 is 21.9 Å². The number of hydrogen-bond donors (Lipinski definition) is 1. The summed E-state index contributed by atoms with van der Waals surface area (Å²) in [7, 11) is 0. The lowest BCUT2D eigenvalue weighted by molar-refractivity contribution is 0.0970. The van der Waals surface area contributed by atoms with E-state index >= 15 is 0 Å². The number of nitrogens with zero attached hydrogens (tertiary/aromatic N) is 3. The molecule has 0 atom stereocenters. The quantitative estimate of drug-likeness (QED) is 0.366. The van der Waals surface area contributed by atoms with Crippen LogP contribution in [0, 0.1) is 5.92 Å². The number of aromatic hydroxyl groups is 1. The number of aryl methyl sites for hydroxylation is 1. The van der Waals surface area contributed by atoms with Crippen molar-refractivity contribution in [3.8, 4) is 5.75 Å². The van der Waals surface area contributed by atoms with Crippen molar-refractivity contribution in [3.05, 3.63) is 46.8 Å². The van der Waals surface area contributed by atoms with Crippen LogP contribution >= 0.6 is 16.1 Å². The number of carbonyl (C=O) groups excluding carboxylic acids is 1. The van der Waals surface area contributed by atoms with Crippen molar-refractivity contribution < 1.29 is 9.90 Å². The Labute approximate surface area is 208 Å². The van der Waals surface area contributed by atoms with Crippen LogP contribution in [0.15, 0.2) is 28.5 Å². The van der Waals surface area contributed by atoms with Gasteiger partial charge in [0, 0.05) is 35.6 Å². The van der Waals surface area contributed by atoms with Crippen molar-refractivity contribution in [1.82, 2.24) is 9.13 Å². The minimum absolute atomic E-state index is 0.00294. The van der Waals surface area contributed by atoms with Crippen molar-refractivity contribution in [1.29, 1.82) is 0 Å². The molecule has 0 saturated carbocycles. The zero-order chi connectivity index (χ0) is 25.0. The molecule has 0 spiro atoms. The molecule has 0 amide bonds. The normalized spacial score (nSPS) is 13.2. The number of hydrogen-bond acceptors (Lipinski definition) is 3. The van der Waals surface area contributed by atoms with E-state index in [-0.39, 0.29) is 23.2 Å². The SMILES string of the molecule is CCC(CC)CCCn1ccn(CC(=O)c2cc(C(C)(C)C)c(O)c(C(C)(C)C)c2)c1=NBr. The Morgan fingerprint density at radius 2 is 1.52 bits per heavy atom. The molecular formula is C27H42BrN3O2. The first-order chi connectivity index (χ1) is 15.3. The van der Waals surface area contributed by atoms with E-state index in [1.54, 1.807) is 0 Å². The van der Waals surface area contributed by atoms with Gasteiger partial charge in [0.1, 0.15) is 5.75 Å². The van der Waals surface area contributed by atoms with Crippen molar-refractivity contribution in [2.45, 2.75) is 105 Å². The second-order valence-corrected chi connectivity index (χ2v) is 11.5. The van der Waals surface area contributed by atoms with Gasteiger partial charge in [0.05, 0.1) is 22.7 Å². The summed E-state index contributed by atoms with van der Waals surface area (Å²) in [4.78, 5) is 13.4. The Morgan fingerprint density at radius 1 is 1.00 bits per heavy atom. The Bertz CT molecular complexity index is 980. The third-order valence-electron chi connectivity index (χ3n) is 6.54. The number of Topliss-reactive ketones (excluding diaryl/α,β-unsaturated/α-hetero) is 1. The molecule has 0 saturated heterocycles. The maximum Gasteiger partial charge on any atom is 0.217 e. The molecule has 0 radical (unpaired) electrons. The number of imidazole rings is 1. The smallest absolute Gasteiger partial charge is 0.217 e. The first-order valence-electron chi connectivity index (χ1n) is 12.1. The molecule has 0 bridgehead atoms. The van der Waals surface area contributed by atoms with E-state index in [2.05, 4.69) is 80.1 Å².